The maximum absolute atomic E-state index is 12.6. The molecule has 2 amide bonds. The lowest BCUT2D eigenvalue weighted by molar-refractivity contribution is -0.114. The van der Waals surface area contributed by atoms with Crippen molar-refractivity contribution in [3.05, 3.63) is 102 Å². The van der Waals surface area contributed by atoms with Gasteiger partial charge in [0.1, 0.15) is 17.1 Å². The Balaban J connectivity index is 1.58. The van der Waals surface area contributed by atoms with Gasteiger partial charge in [-0.2, -0.15) is 5.10 Å². The molecule has 2 heterocycles. The molecule has 3 aromatic carbocycles. The molecule has 0 spiro atoms. The van der Waals surface area contributed by atoms with E-state index < -0.39 is 11.8 Å². The number of benzene rings is 3. The van der Waals surface area contributed by atoms with Crippen LogP contribution < -0.4 is 11.1 Å². The molecular weight excluding hydrogens is 388 g/mol. The highest BCUT2D eigenvalue weighted by Crippen LogP contribution is 2.31. The molecule has 1 aromatic heterocycles. The molecule has 0 atom stereocenters. The van der Waals surface area contributed by atoms with Crippen LogP contribution in [0.1, 0.15) is 21.6 Å². The van der Waals surface area contributed by atoms with E-state index in [1.807, 2.05) is 84.9 Å². The normalized spacial score (nSPS) is 14.4. The number of hydrogen-bond acceptors (Lipinski definition) is 4. The minimum atomic E-state index is -0.545. The van der Waals surface area contributed by atoms with E-state index in [0.29, 0.717) is 11.3 Å². The third-order valence-electron chi connectivity index (χ3n) is 5.20. The topological polar surface area (TPSA) is 90.0 Å². The number of carbonyl (C=O) groups is 2. The Kier molecular flexibility index (Phi) is 4.45. The molecule has 6 heteroatoms. The second-order valence-electron chi connectivity index (χ2n) is 7.19. The first kappa shape index (κ1) is 18.6. The molecule has 1 aliphatic heterocycles. The molecule has 5 rings (SSSR count). The summed E-state index contributed by atoms with van der Waals surface area (Å²) in [5, 5.41) is 6.88. The molecule has 0 aliphatic carbocycles. The van der Waals surface area contributed by atoms with Crippen LogP contribution in [0.25, 0.3) is 28.5 Å². The van der Waals surface area contributed by atoms with Gasteiger partial charge in [0.05, 0.1) is 11.3 Å². The van der Waals surface area contributed by atoms with Gasteiger partial charge in [-0.25, -0.2) is 4.68 Å². The van der Waals surface area contributed by atoms with Crippen LogP contribution in [-0.4, -0.2) is 21.6 Å². The first-order valence-electron chi connectivity index (χ1n) is 9.79. The summed E-state index contributed by atoms with van der Waals surface area (Å²) in [5.74, 6) is -0.852. The Labute approximate surface area is 178 Å². The second kappa shape index (κ2) is 7.42. The summed E-state index contributed by atoms with van der Waals surface area (Å²) in [6.07, 6.45) is 1.72. The largest absolute Gasteiger partial charge is 0.383 e. The van der Waals surface area contributed by atoms with E-state index in [2.05, 4.69) is 10.4 Å². The van der Waals surface area contributed by atoms with Crippen LogP contribution in [0.4, 0.5) is 5.82 Å². The summed E-state index contributed by atoms with van der Waals surface area (Å²) in [6, 6.07) is 27.1. The highest BCUT2D eigenvalue weighted by molar-refractivity contribution is 6.34. The van der Waals surface area contributed by atoms with E-state index in [4.69, 9.17) is 5.73 Å². The van der Waals surface area contributed by atoms with Gasteiger partial charge in [0.2, 0.25) is 0 Å². The molecule has 0 saturated carbocycles. The molecule has 150 valence electrons. The average molecular weight is 406 g/mol. The van der Waals surface area contributed by atoms with Gasteiger partial charge in [-0.05, 0) is 34.9 Å². The van der Waals surface area contributed by atoms with Crippen molar-refractivity contribution < 1.29 is 9.59 Å². The quantitative estimate of drug-likeness (QED) is 0.398. The number of para-hydroxylation sites is 1. The molecule has 0 unspecified atom stereocenters. The maximum atomic E-state index is 12.6. The first-order chi connectivity index (χ1) is 15.1. The Hall–Kier alpha value is -4.45. The number of nitrogens with one attached hydrogen (secondary N) is 1. The fourth-order valence-electron chi connectivity index (χ4n) is 3.65. The minimum Gasteiger partial charge on any atom is -0.383 e. The van der Waals surface area contributed by atoms with Crippen LogP contribution in [0.3, 0.4) is 0 Å². The average Bonchev–Trinajstić information content (AvgIpc) is 3.16. The van der Waals surface area contributed by atoms with Gasteiger partial charge in [0.15, 0.2) is 0 Å². The van der Waals surface area contributed by atoms with Gasteiger partial charge < -0.3 is 5.73 Å². The summed E-state index contributed by atoms with van der Waals surface area (Å²) in [5.41, 5.74) is 10.7. The number of imide groups is 1. The van der Waals surface area contributed by atoms with Crippen molar-refractivity contribution in [1.29, 1.82) is 0 Å². The number of anilines is 1. The van der Waals surface area contributed by atoms with Crippen molar-refractivity contribution in [1.82, 2.24) is 15.1 Å². The van der Waals surface area contributed by atoms with Gasteiger partial charge in [-0.15, -0.1) is 0 Å². The van der Waals surface area contributed by atoms with Crippen LogP contribution in [0.2, 0.25) is 0 Å². The van der Waals surface area contributed by atoms with Crippen LogP contribution in [0.15, 0.2) is 84.9 Å². The lowest BCUT2D eigenvalue weighted by atomic mass is 9.98. The number of nitrogens with zero attached hydrogens (tertiary/aromatic N) is 2. The Morgan fingerprint density at radius 3 is 2.06 bits per heavy atom. The number of aromatic nitrogens is 2. The Bertz CT molecular complexity index is 1320. The Morgan fingerprint density at radius 2 is 1.39 bits per heavy atom. The van der Waals surface area contributed by atoms with Crippen molar-refractivity contribution in [2.45, 2.75) is 0 Å². The van der Waals surface area contributed by atoms with E-state index in [-0.39, 0.29) is 17.1 Å². The van der Waals surface area contributed by atoms with Gasteiger partial charge >= 0.3 is 0 Å². The smallest absolute Gasteiger partial charge is 0.264 e. The summed E-state index contributed by atoms with van der Waals surface area (Å²) in [4.78, 5) is 25.1. The van der Waals surface area contributed by atoms with E-state index in [1.54, 1.807) is 6.08 Å². The number of hydrogen-bond donors (Lipinski definition) is 2. The number of carbonyl (C=O) groups excluding carboxylic acids is 2. The predicted octanol–water partition coefficient (Wildman–Crippen LogP) is 3.93. The molecule has 0 fully saturated rings. The van der Waals surface area contributed by atoms with Gasteiger partial charge in [0, 0.05) is 0 Å². The molecule has 6 nitrogen and oxygen atoms in total. The monoisotopic (exact) mass is 406 g/mol. The first-order valence-corrected chi connectivity index (χ1v) is 9.79. The highest BCUT2D eigenvalue weighted by atomic mass is 16.2. The SMILES string of the molecule is Nc1c2c(nn1-c1ccccc1)/C(=C\c1ccc(-c3ccccc3)cc1)C(=O)NC2=O. The zero-order valence-electron chi connectivity index (χ0n) is 16.4. The van der Waals surface area contributed by atoms with Gasteiger partial charge in [0.25, 0.3) is 11.8 Å². The zero-order chi connectivity index (χ0) is 21.4. The van der Waals surface area contributed by atoms with Crippen molar-refractivity contribution in [3.8, 4) is 16.8 Å². The number of rotatable bonds is 3. The number of nitrogen functional groups attached to an aromatic ring is 1. The minimum absolute atomic E-state index is 0.191. The lowest BCUT2D eigenvalue weighted by Gasteiger charge is -2.13. The summed E-state index contributed by atoms with van der Waals surface area (Å²) in [7, 11) is 0. The van der Waals surface area contributed by atoms with Crippen molar-refractivity contribution >= 4 is 29.3 Å². The number of fused-ring (bicyclic) bond motifs is 1. The molecule has 3 N–H and O–H groups in total. The fourth-order valence-corrected chi connectivity index (χ4v) is 3.65. The molecular formula is C25H18N4O2. The summed E-state index contributed by atoms with van der Waals surface area (Å²) in [6.45, 7) is 0. The number of amides is 2. The Morgan fingerprint density at radius 1 is 0.774 bits per heavy atom. The van der Waals surface area contributed by atoms with Crippen molar-refractivity contribution in [2.75, 3.05) is 5.73 Å². The van der Waals surface area contributed by atoms with Crippen LogP contribution in [0, 0.1) is 0 Å². The van der Waals surface area contributed by atoms with E-state index >= 15 is 0 Å². The van der Waals surface area contributed by atoms with E-state index in [9.17, 15) is 9.59 Å². The summed E-state index contributed by atoms with van der Waals surface area (Å²) < 4.78 is 1.48. The third kappa shape index (κ3) is 3.30. The molecule has 0 saturated heterocycles. The number of nitrogens with two attached hydrogens (primary N) is 1. The third-order valence-corrected chi connectivity index (χ3v) is 5.20. The molecule has 0 radical (unpaired) electrons. The summed E-state index contributed by atoms with van der Waals surface area (Å²) >= 11 is 0. The van der Waals surface area contributed by atoms with Crippen molar-refractivity contribution in [2.24, 2.45) is 0 Å². The lowest BCUT2D eigenvalue weighted by Crippen LogP contribution is -2.36. The molecule has 0 bridgehead atoms. The molecule has 1 aliphatic rings. The van der Waals surface area contributed by atoms with Crippen LogP contribution in [0.5, 0.6) is 0 Å². The highest BCUT2D eigenvalue weighted by Gasteiger charge is 2.34. The van der Waals surface area contributed by atoms with Crippen LogP contribution >= 0.6 is 0 Å². The standard InChI is InChI=1S/C25H18N4O2/c26-23-21-22(28-29(23)19-9-5-2-6-10-19)20(24(30)27-25(21)31)15-16-11-13-18(14-12-16)17-7-3-1-4-8-17/h1-15H,26H2,(H,27,30,31)/b20-15+. The van der Waals surface area contributed by atoms with Crippen LogP contribution in [-0.2, 0) is 4.79 Å². The van der Waals surface area contributed by atoms with E-state index in [1.165, 1.54) is 4.68 Å². The zero-order valence-corrected chi connectivity index (χ0v) is 16.4. The second-order valence-corrected chi connectivity index (χ2v) is 7.19. The molecule has 4 aromatic rings. The van der Waals surface area contributed by atoms with Gasteiger partial charge in [-0.1, -0.05) is 72.8 Å². The van der Waals surface area contributed by atoms with Crippen molar-refractivity contribution in [3.63, 3.8) is 0 Å². The van der Waals surface area contributed by atoms with Gasteiger partial charge in [-0.3, -0.25) is 14.9 Å². The fraction of sp³-hybridized carbons (Fsp3) is 0. The maximum Gasteiger partial charge on any atom is 0.264 e. The van der Waals surface area contributed by atoms with E-state index in [0.717, 1.165) is 16.7 Å². The molecule has 31 heavy (non-hydrogen) atoms. The predicted molar refractivity (Wildman–Crippen MR) is 120 cm³/mol.